The van der Waals surface area contributed by atoms with Crippen LogP contribution in [0, 0.1) is 0 Å². The molecule has 0 aliphatic rings. The Balaban J connectivity index is 1.81. The van der Waals surface area contributed by atoms with Crippen molar-refractivity contribution in [3.8, 4) is 11.4 Å². The molecule has 0 unspecified atom stereocenters. The van der Waals surface area contributed by atoms with Crippen LogP contribution in [-0.4, -0.2) is 38.9 Å². The number of rotatable bonds is 6. The molecule has 0 saturated heterocycles. The van der Waals surface area contributed by atoms with Gasteiger partial charge >= 0.3 is 6.03 Å². The highest BCUT2D eigenvalue weighted by Crippen LogP contribution is 2.18. The predicted molar refractivity (Wildman–Crippen MR) is 89.0 cm³/mol. The Bertz CT molecular complexity index is 659. The Kier molecular flexibility index (Phi) is 6.16. The van der Waals surface area contributed by atoms with Crippen LogP contribution in [-0.2, 0) is 4.79 Å². The van der Waals surface area contributed by atoms with Crippen LogP contribution < -0.4 is 10.6 Å². The van der Waals surface area contributed by atoms with Gasteiger partial charge in [0, 0.05) is 11.6 Å². The average Bonchev–Trinajstić information content (AvgIpc) is 3.02. The molecular weight excluding hydrogens is 314 g/mol. The molecule has 2 rings (SSSR count). The number of urea groups is 1. The van der Waals surface area contributed by atoms with E-state index in [0.29, 0.717) is 11.0 Å². The van der Waals surface area contributed by atoms with Gasteiger partial charge in [0.25, 0.3) is 0 Å². The molecule has 3 amide bonds. The smallest absolute Gasteiger partial charge is 0.321 e. The standard InChI is InChI=1S/C15H19N5O2S/c1-3-10(2)16-14(22)17-12(21)9-23-15-18-13(19-20-15)11-7-5-4-6-8-11/h4-8,10H,3,9H2,1-2H3,(H,18,19,20)(H2,16,17,21,22)/t10-/m1/s1. The molecule has 0 aliphatic carbocycles. The lowest BCUT2D eigenvalue weighted by atomic mass is 10.2. The van der Waals surface area contributed by atoms with E-state index in [0.717, 1.165) is 12.0 Å². The zero-order valence-electron chi connectivity index (χ0n) is 13.0. The van der Waals surface area contributed by atoms with E-state index in [1.165, 1.54) is 11.8 Å². The summed E-state index contributed by atoms with van der Waals surface area (Å²) in [5, 5.41) is 12.3. The maximum atomic E-state index is 11.7. The van der Waals surface area contributed by atoms with Gasteiger partial charge in [-0.15, -0.1) is 5.10 Å². The molecule has 1 heterocycles. The van der Waals surface area contributed by atoms with Crippen LogP contribution in [0.3, 0.4) is 0 Å². The molecule has 7 nitrogen and oxygen atoms in total. The van der Waals surface area contributed by atoms with Gasteiger partial charge in [0.05, 0.1) is 5.75 Å². The average molecular weight is 333 g/mol. The third-order valence-corrected chi connectivity index (χ3v) is 3.93. The molecule has 1 aromatic heterocycles. The summed E-state index contributed by atoms with van der Waals surface area (Å²) in [7, 11) is 0. The molecule has 0 spiro atoms. The fourth-order valence-corrected chi connectivity index (χ4v) is 2.29. The molecule has 23 heavy (non-hydrogen) atoms. The Labute approximate surface area is 138 Å². The van der Waals surface area contributed by atoms with Crippen LogP contribution in [0.15, 0.2) is 35.5 Å². The zero-order chi connectivity index (χ0) is 16.7. The molecule has 2 aromatic rings. The van der Waals surface area contributed by atoms with E-state index in [2.05, 4.69) is 25.8 Å². The summed E-state index contributed by atoms with van der Waals surface area (Å²) in [5.74, 6) is 0.324. The molecule has 1 aromatic carbocycles. The minimum absolute atomic E-state index is 0.0249. The normalized spacial score (nSPS) is 11.7. The number of carbonyl (C=O) groups is 2. The number of nitrogens with one attached hydrogen (secondary N) is 3. The van der Waals surface area contributed by atoms with E-state index >= 15 is 0 Å². The van der Waals surface area contributed by atoms with Crippen molar-refractivity contribution in [3.05, 3.63) is 30.3 Å². The van der Waals surface area contributed by atoms with E-state index in [1.807, 2.05) is 44.2 Å². The highest BCUT2D eigenvalue weighted by atomic mass is 32.2. The number of amides is 3. The first-order valence-electron chi connectivity index (χ1n) is 7.29. The Morgan fingerprint density at radius 1 is 1.30 bits per heavy atom. The minimum atomic E-state index is -0.482. The molecule has 0 bridgehead atoms. The van der Waals surface area contributed by atoms with Crippen molar-refractivity contribution in [2.24, 2.45) is 0 Å². The lowest BCUT2D eigenvalue weighted by Gasteiger charge is -2.11. The molecule has 0 aliphatic heterocycles. The van der Waals surface area contributed by atoms with Crippen molar-refractivity contribution in [1.82, 2.24) is 25.8 Å². The predicted octanol–water partition coefficient (Wildman–Crippen LogP) is 2.19. The fraction of sp³-hybridized carbons (Fsp3) is 0.333. The second kappa shape index (κ2) is 8.33. The summed E-state index contributed by atoms with van der Waals surface area (Å²) in [5.41, 5.74) is 0.921. The van der Waals surface area contributed by atoms with Crippen molar-refractivity contribution >= 4 is 23.7 Å². The van der Waals surface area contributed by atoms with Crippen molar-refractivity contribution in [1.29, 1.82) is 0 Å². The minimum Gasteiger partial charge on any atom is -0.335 e. The van der Waals surface area contributed by atoms with Gasteiger partial charge in [0.2, 0.25) is 11.1 Å². The Morgan fingerprint density at radius 3 is 2.74 bits per heavy atom. The number of hydrogen-bond acceptors (Lipinski definition) is 5. The fourth-order valence-electron chi connectivity index (χ4n) is 1.69. The summed E-state index contributed by atoms with van der Waals surface area (Å²) < 4.78 is 0. The molecule has 0 fully saturated rings. The van der Waals surface area contributed by atoms with E-state index in [1.54, 1.807) is 0 Å². The number of H-pyrrole nitrogens is 1. The summed E-state index contributed by atoms with van der Waals surface area (Å²) in [6, 6.07) is 9.12. The highest BCUT2D eigenvalue weighted by Gasteiger charge is 2.12. The molecule has 122 valence electrons. The van der Waals surface area contributed by atoms with Gasteiger partial charge in [-0.25, -0.2) is 9.78 Å². The second-order valence-corrected chi connectivity index (χ2v) is 5.89. The molecule has 1 atom stereocenters. The van der Waals surface area contributed by atoms with Crippen LogP contribution in [0.2, 0.25) is 0 Å². The van der Waals surface area contributed by atoms with Crippen molar-refractivity contribution < 1.29 is 9.59 Å². The molecular formula is C15H19N5O2S. The number of aromatic nitrogens is 3. The summed E-state index contributed by atoms with van der Waals surface area (Å²) >= 11 is 1.17. The molecule has 3 N–H and O–H groups in total. The van der Waals surface area contributed by atoms with E-state index in [4.69, 9.17) is 0 Å². The van der Waals surface area contributed by atoms with Crippen LogP contribution >= 0.6 is 11.8 Å². The number of imide groups is 1. The molecule has 8 heteroatoms. The van der Waals surface area contributed by atoms with Gasteiger partial charge in [-0.3, -0.25) is 15.2 Å². The van der Waals surface area contributed by atoms with Gasteiger partial charge in [0.1, 0.15) is 0 Å². The second-order valence-electron chi connectivity index (χ2n) is 4.95. The topological polar surface area (TPSA) is 99.8 Å². The number of benzene rings is 1. The van der Waals surface area contributed by atoms with Gasteiger partial charge in [-0.05, 0) is 13.3 Å². The number of carbonyl (C=O) groups excluding carboxylic acids is 2. The monoisotopic (exact) mass is 333 g/mol. The quantitative estimate of drug-likeness (QED) is 0.704. The maximum absolute atomic E-state index is 11.7. The Hall–Kier alpha value is -2.35. The zero-order valence-corrected chi connectivity index (χ0v) is 13.8. The largest absolute Gasteiger partial charge is 0.335 e. The van der Waals surface area contributed by atoms with Crippen LogP contribution in [0.1, 0.15) is 20.3 Å². The first-order valence-corrected chi connectivity index (χ1v) is 8.28. The third-order valence-electron chi connectivity index (χ3n) is 3.09. The Morgan fingerprint density at radius 2 is 2.04 bits per heavy atom. The first-order chi connectivity index (χ1) is 11.1. The van der Waals surface area contributed by atoms with Crippen LogP contribution in [0.5, 0.6) is 0 Å². The van der Waals surface area contributed by atoms with Gasteiger partial charge in [-0.2, -0.15) is 0 Å². The SMILES string of the molecule is CC[C@@H](C)NC(=O)NC(=O)CSc1n[nH]c(-c2ccccc2)n1. The lowest BCUT2D eigenvalue weighted by molar-refractivity contribution is -0.117. The van der Waals surface area contributed by atoms with Crippen molar-refractivity contribution in [3.63, 3.8) is 0 Å². The summed E-state index contributed by atoms with van der Waals surface area (Å²) in [4.78, 5) is 27.6. The van der Waals surface area contributed by atoms with Crippen LogP contribution in [0.25, 0.3) is 11.4 Å². The van der Waals surface area contributed by atoms with Crippen LogP contribution in [0.4, 0.5) is 4.79 Å². The maximum Gasteiger partial charge on any atom is 0.321 e. The van der Waals surface area contributed by atoms with E-state index in [9.17, 15) is 9.59 Å². The number of aromatic amines is 1. The third kappa shape index (κ3) is 5.41. The lowest BCUT2D eigenvalue weighted by Crippen LogP contribution is -2.43. The summed E-state index contributed by atoms with van der Waals surface area (Å²) in [6.07, 6.45) is 0.801. The van der Waals surface area contributed by atoms with E-state index < -0.39 is 6.03 Å². The van der Waals surface area contributed by atoms with Crippen molar-refractivity contribution in [2.75, 3.05) is 5.75 Å². The molecule has 0 saturated carbocycles. The van der Waals surface area contributed by atoms with Gasteiger partial charge < -0.3 is 5.32 Å². The number of thioether (sulfide) groups is 1. The van der Waals surface area contributed by atoms with Gasteiger partial charge in [0.15, 0.2) is 5.82 Å². The first kappa shape index (κ1) is 17.0. The highest BCUT2D eigenvalue weighted by molar-refractivity contribution is 7.99. The van der Waals surface area contributed by atoms with Crippen molar-refractivity contribution in [2.45, 2.75) is 31.5 Å². The molecule has 0 radical (unpaired) electrons. The summed E-state index contributed by atoms with van der Waals surface area (Å²) in [6.45, 7) is 3.83. The van der Waals surface area contributed by atoms with Gasteiger partial charge in [-0.1, -0.05) is 49.0 Å². The number of hydrogen-bond donors (Lipinski definition) is 3. The number of nitrogens with zero attached hydrogens (tertiary/aromatic N) is 2. The van der Waals surface area contributed by atoms with E-state index in [-0.39, 0.29) is 17.7 Å².